The zero-order valence-corrected chi connectivity index (χ0v) is 11.0. The predicted octanol–water partition coefficient (Wildman–Crippen LogP) is 2.37. The third-order valence-electron chi connectivity index (χ3n) is 3.61. The van der Waals surface area contributed by atoms with Gasteiger partial charge in [-0.2, -0.15) is 0 Å². The van der Waals surface area contributed by atoms with E-state index < -0.39 is 0 Å². The molecule has 1 atom stereocenters. The third kappa shape index (κ3) is 3.46. The van der Waals surface area contributed by atoms with Crippen molar-refractivity contribution in [1.29, 1.82) is 0 Å². The van der Waals surface area contributed by atoms with Crippen LogP contribution in [0.2, 0.25) is 0 Å². The number of nitrogens with zero attached hydrogens (tertiary/aromatic N) is 1. The van der Waals surface area contributed by atoms with Gasteiger partial charge in [0, 0.05) is 19.1 Å². The van der Waals surface area contributed by atoms with Gasteiger partial charge in [0.25, 0.3) is 0 Å². The van der Waals surface area contributed by atoms with Gasteiger partial charge in [0.1, 0.15) is 0 Å². The van der Waals surface area contributed by atoms with Crippen LogP contribution in [0.5, 0.6) is 0 Å². The molecule has 0 radical (unpaired) electrons. The van der Waals surface area contributed by atoms with Crippen LogP contribution in [0, 0.1) is 17.3 Å². The van der Waals surface area contributed by atoms with Crippen molar-refractivity contribution >= 4 is 0 Å². The van der Waals surface area contributed by atoms with Gasteiger partial charge in [0.05, 0.1) is 6.61 Å². The molecule has 1 aliphatic rings. The largest absolute Gasteiger partial charge is 0.395 e. The van der Waals surface area contributed by atoms with Crippen LogP contribution in [0.3, 0.4) is 0 Å². The summed E-state index contributed by atoms with van der Waals surface area (Å²) in [5.74, 6) is 1.48. The highest BCUT2D eigenvalue weighted by molar-refractivity contribution is 4.91. The standard InChI is InChI=1S/C13H27NO/c1-10(2)6-12(9-15)14-7-11(8-14)13(3,4)5/h10-12,15H,6-9H2,1-5H3. The van der Waals surface area contributed by atoms with Crippen LogP contribution in [0.1, 0.15) is 41.0 Å². The molecule has 1 N–H and O–H groups in total. The van der Waals surface area contributed by atoms with Crippen molar-refractivity contribution in [1.82, 2.24) is 4.90 Å². The SMILES string of the molecule is CC(C)CC(CO)N1CC(C(C)(C)C)C1. The van der Waals surface area contributed by atoms with Crippen LogP contribution in [0.15, 0.2) is 0 Å². The van der Waals surface area contributed by atoms with Gasteiger partial charge in [-0.1, -0.05) is 34.6 Å². The molecule has 2 nitrogen and oxygen atoms in total. The van der Waals surface area contributed by atoms with Crippen molar-refractivity contribution in [2.45, 2.75) is 47.1 Å². The fraction of sp³-hybridized carbons (Fsp3) is 1.00. The molecule has 2 heteroatoms. The maximum Gasteiger partial charge on any atom is 0.0586 e. The molecule has 1 unspecified atom stereocenters. The van der Waals surface area contributed by atoms with Crippen LogP contribution < -0.4 is 0 Å². The minimum Gasteiger partial charge on any atom is -0.395 e. The highest BCUT2D eigenvalue weighted by Crippen LogP contribution is 2.35. The average molecular weight is 213 g/mol. The summed E-state index contributed by atoms with van der Waals surface area (Å²) in [4.78, 5) is 2.44. The minimum atomic E-state index is 0.315. The zero-order valence-electron chi connectivity index (χ0n) is 11.0. The lowest BCUT2D eigenvalue weighted by Crippen LogP contribution is -2.57. The van der Waals surface area contributed by atoms with Crippen molar-refractivity contribution < 1.29 is 5.11 Å². The van der Waals surface area contributed by atoms with Crippen LogP contribution >= 0.6 is 0 Å². The summed E-state index contributed by atoms with van der Waals surface area (Å²) in [6.45, 7) is 14.0. The van der Waals surface area contributed by atoms with E-state index in [0.717, 1.165) is 12.3 Å². The molecule has 15 heavy (non-hydrogen) atoms. The molecule has 1 aliphatic heterocycles. The maximum absolute atomic E-state index is 9.36. The first-order valence-corrected chi connectivity index (χ1v) is 6.19. The average Bonchev–Trinajstić information content (AvgIpc) is 1.96. The Morgan fingerprint density at radius 1 is 1.27 bits per heavy atom. The molecular weight excluding hydrogens is 186 g/mol. The Morgan fingerprint density at radius 3 is 2.13 bits per heavy atom. The molecular formula is C13H27NO. The van der Waals surface area contributed by atoms with Crippen LogP contribution in [0.25, 0.3) is 0 Å². The first kappa shape index (κ1) is 13.0. The monoisotopic (exact) mass is 213 g/mol. The minimum absolute atomic E-state index is 0.315. The summed E-state index contributed by atoms with van der Waals surface area (Å²) >= 11 is 0. The van der Waals surface area contributed by atoms with E-state index in [1.807, 2.05) is 0 Å². The van der Waals surface area contributed by atoms with Crippen molar-refractivity contribution in [3.63, 3.8) is 0 Å². The summed E-state index contributed by atoms with van der Waals surface area (Å²) in [5.41, 5.74) is 0.425. The third-order valence-corrected chi connectivity index (χ3v) is 3.61. The number of rotatable bonds is 4. The van der Waals surface area contributed by atoms with Crippen LogP contribution in [-0.2, 0) is 0 Å². The fourth-order valence-corrected chi connectivity index (χ4v) is 2.24. The first-order chi connectivity index (χ1) is 6.84. The molecule has 1 fully saturated rings. The van der Waals surface area contributed by atoms with E-state index in [-0.39, 0.29) is 0 Å². The van der Waals surface area contributed by atoms with E-state index in [9.17, 15) is 5.11 Å². The molecule has 0 aromatic carbocycles. The Bertz CT molecular complexity index is 189. The molecule has 0 bridgehead atoms. The number of aliphatic hydroxyl groups is 1. The second-order valence-corrected chi connectivity index (χ2v) is 6.48. The van der Waals surface area contributed by atoms with Gasteiger partial charge in [-0.25, -0.2) is 0 Å². The lowest BCUT2D eigenvalue weighted by molar-refractivity contribution is -0.0292. The lowest BCUT2D eigenvalue weighted by atomic mass is 9.75. The number of hydrogen-bond acceptors (Lipinski definition) is 2. The van der Waals surface area contributed by atoms with Gasteiger partial charge >= 0.3 is 0 Å². The summed E-state index contributed by atoms with van der Waals surface area (Å²) in [6.07, 6.45) is 1.12. The predicted molar refractivity (Wildman–Crippen MR) is 64.8 cm³/mol. The highest BCUT2D eigenvalue weighted by atomic mass is 16.3. The topological polar surface area (TPSA) is 23.5 Å². The van der Waals surface area contributed by atoms with Gasteiger partial charge in [-0.15, -0.1) is 0 Å². The molecule has 0 amide bonds. The van der Waals surface area contributed by atoms with Crippen molar-refractivity contribution in [2.75, 3.05) is 19.7 Å². The molecule has 1 heterocycles. The van der Waals surface area contributed by atoms with Crippen LogP contribution in [0.4, 0.5) is 0 Å². The number of aliphatic hydroxyl groups excluding tert-OH is 1. The second kappa shape index (κ2) is 4.84. The maximum atomic E-state index is 9.36. The molecule has 0 saturated carbocycles. The second-order valence-electron chi connectivity index (χ2n) is 6.48. The smallest absolute Gasteiger partial charge is 0.0586 e. The van der Waals surface area contributed by atoms with Crippen LogP contribution in [-0.4, -0.2) is 35.7 Å². The number of hydrogen-bond donors (Lipinski definition) is 1. The van der Waals surface area contributed by atoms with E-state index in [1.54, 1.807) is 0 Å². The van der Waals surface area contributed by atoms with Crippen molar-refractivity contribution in [3.05, 3.63) is 0 Å². The van der Waals surface area contributed by atoms with Gasteiger partial charge in [-0.3, -0.25) is 4.90 Å². The van der Waals surface area contributed by atoms with E-state index >= 15 is 0 Å². The molecule has 1 saturated heterocycles. The quantitative estimate of drug-likeness (QED) is 0.775. The molecule has 0 aromatic heterocycles. The van der Waals surface area contributed by atoms with E-state index in [2.05, 4.69) is 39.5 Å². The molecule has 90 valence electrons. The van der Waals surface area contributed by atoms with Gasteiger partial charge < -0.3 is 5.11 Å². The van der Waals surface area contributed by atoms with Crippen molar-refractivity contribution in [2.24, 2.45) is 17.3 Å². The summed E-state index contributed by atoms with van der Waals surface area (Å²) in [7, 11) is 0. The van der Waals surface area contributed by atoms with E-state index in [0.29, 0.717) is 24.0 Å². The Balaban J connectivity index is 2.36. The fourth-order valence-electron chi connectivity index (χ4n) is 2.24. The lowest BCUT2D eigenvalue weighted by Gasteiger charge is -2.49. The Morgan fingerprint density at radius 2 is 1.80 bits per heavy atom. The first-order valence-electron chi connectivity index (χ1n) is 6.19. The Labute approximate surface area is 94.7 Å². The highest BCUT2D eigenvalue weighted by Gasteiger charge is 2.38. The summed E-state index contributed by atoms with van der Waals surface area (Å²) < 4.78 is 0. The van der Waals surface area contributed by atoms with E-state index in [4.69, 9.17) is 0 Å². The summed E-state index contributed by atoms with van der Waals surface area (Å²) in [5, 5.41) is 9.36. The normalized spacial score (nSPS) is 21.8. The van der Waals surface area contributed by atoms with Crippen molar-refractivity contribution in [3.8, 4) is 0 Å². The van der Waals surface area contributed by atoms with Gasteiger partial charge in [-0.05, 0) is 23.7 Å². The Hall–Kier alpha value is -0.0800. The molecule has 0 aliphatic carbocycles. The zero-order chi connectivity index (χ0) is 11.6. The molecule has 1 rings (SSSR count). The van der Waals surface area contributed by atoms with E-state index in [1.165, 1.54) is 13.1 Å². The molecule has 0 aromatic rings. The number of likely N-dealkylation sites (tertiary alicyclic amines) is 1. The molecule has 0 spiro atoms. The summed E-state index contributed by atoms with van der Waals surface area (Å²) in [6, 6.07) is 0.392. The van der Waals surface area contributed by atoms with Gasteiger partial charge in [0.2, 0.25) is 0 Å². The Kier molecular flexibility index (Phi) is 4.19. The van der Waals surface area contributed by atoms with Gasteiger partial charge in [0.15, 0.2) is 0 Å².